The molecule has 0 aromatic heterocycles. The quantitative estimate of drug-likeness (QED) is 0.749. The first-order chi connectivity index (χ1) is 9.28. The van der Waals surface area contributed by atoms with E-state index in [4.69, 9.17) is 14.6 Å². The highest BCUT2D eigenvalue weighted by Gasteiger charge is 2.34. The van der Waals surface area contributed by atoms with Gasteiger partial charge in [-0.1, -0.05) is 15.9 Å². The van der Waals surface area contributed by atoms with Gasteiger partial charge in [-0.3, -0.25) is 0 Å². The molecule has 2 aliphatic rings. The number of halogens is 1. The Morgan fingerprint density at radius 1 is 1.26 bits per heavy atom. The molecule has 2 aliphatic heterocycles. The number of alkyl halides is 1. The zero-order chi connectivity index (χ0) is 13.6. The van der Waals surface area contributed by atoms with E-state index < -0.39 is 0 Å². The number of aliphatic hydroxyl groups excluding tert-OH is 1. The smallest absolute Gasteiger partial charge is 0.0701 e. The van der Waals surface area contributed by atoms with Crippen molar-refractivity contribution in [3.05, 3.63) is 0 Å². The molecule has 0 radical (unpaired) electrons. The van der Waals surface area contributed by atoms with Gasteiger partial charge in [0, 0.05) is 38.2 Å². The van der Waals surface area contributed by atoms with Crippen molar-refractivity contribution in [3.8, 4) is 0 Å². The lowest BCUT2D eigenvalue weighted by Gasteiger charge is -2.42. The van der Waals surface area contributed by atoms with Crippen molar-refractivity contribution >= 4 is 15.9 Å². The zero-order valence-corrected chi connectivity index (χ0v) is 13.2. The number of likely N-dealkylation sites (tertiary alicyclic amines) is 1. The van der Waals surface area contributed by atoms with Crippen LogP contribution in [0.5, 0.6) is 0 Å². The van der Waals surface area contributed by atoms with E-state index in [0.29, 0.717) is 18.1 Å². The third kappa shape index (κ3) is 4.67. The van der Waals surface area contributed by atoms with Crippen molar-refractivity contribution in [1.29, 1.82) is 0 Å². The van der Waals surface area contributed by atoms with Crippen molar-refractivity contribution in [3.63, 3.8) is 0 Å². The summed E-state index contributed by atoms with van der Waals surface area (Å²) in [6.45, 7) is 5.83. The summed E-state index contributed by atoms with van der Waals surface area (Å²) in [7, 11) is 0. The van der Waals surface area contributed by atoms with E-state index in [-0.39, 0.29) is 6.61 Å². The van der Waals surface area contributed by atoms with Crippen molar-refractivity contribution in [2.75, 3.05) is 51.4 Å². The molecule has 2 heterocycles. The van der Waals surface area contributed by atoms with E-state index in [1.807, 2.05) is 0 Å². The molecule has 4 nitrogen and oxygen atoms in total. The van der Waals surface area contributed by atoms with Crippen LogP contribution in [0.1, 0.15) is 25.7 Å². The molecular formula is C14H26BrNO3. The molecule has 5 heteroatoms. The van der Waals surface area contributed by atoms with Gasteiger partial charge in [-0.05, 0) is 31.1 Å². The third-order valence-electron chi connectivity index (χ3n) is 4.38. The maximum Gasteiger partial charge on any atom is 0.0701 e. The maximum absolute atomic E-state index is 8.78. The topological polar surface area (TPSA) is 41.9 Å². The van der Waals surface area contributed by atoms with Gasteiger partial charge in [0.1, 0.15) is 0 Å². The molecule has 0 aromatic carbocycles. The molecule has 2 fully saturated rings. The second-order valence-corrected chi connectivity index (χ2v) is 6.38. The van der Waals surface area contributed by atoms with E-state index in [1.54, 1.807) is 0 Å². The first-order valence-electron chi connectivity index (χ1n) is 7.36. The summed E-state index contributed by atoms with van der Waals surface area (Å²) >= 11 is 3.71. The van der Waals surface area contributed by atoms with Crippen molar-refractivity contribution < 1.29 is 14.6 Å². The largest absolute Gasteiger partial charge is 0.394 e. The maximum atomic E-state index is 8.78. The molecule has 0 unspecified atom stereocenters. The Balaban J connectivity index is 1.74. The summed E-state index contributed by atoms with van der Waals surface area (Å²) in [6.07, 6.45) is 4.86. The molecule has 112 valence electrons. The highest BCUT2D eigenvalue weighted by Crippen LogP contribution is 2.34. The van der Waals surface area contributed by atoms with E-state index in [2.05, 4.69) is 20.8 Å². The van der Waals surface area contributed by atoms with Crippen LogP contribution in [0.4, 0.5) is 0 Å². The average molecular weight is 336 g/mol. The molecule has 2 saturated heterocycles. The van der Waals surface area contributed by atoms with E-state index >= 15 is 0 Å². The number of nitrogens with zero attached hydrogens (tertiary/aromatic N) is 1. The lowest BCUT2D eigenvalue weighted by Crippen LogP contribution is -2.46. The molecule has 1 N–H and O–H groups in total. The first kappa shape index (κ1) is 15.7. The standard InChI is InChI=1S/C14H26BrNO3/c15-11-14(3-8-18-9-4-14)12-16-5-1-13(2-6-16)19-10-7-17/h13,17H,1-12H2. The van der Waals surface area contributed by atoms with Gasteiger partial charge in [-0.25, -0.2) is 0 Å². The highest BCUT2D eigenvalue weighted by molar-refractivity contribution is 9.09. The van der Waals surface area contributed by atoms with Gasteiger partial charge in [0.15, 0.2) is 0 Å². The summed E-state index contributed by atoms with van der Waals surface area (Å²) in [5.41, 5.74) is 0.400. The summed E-state index contributed by atoms with van der Waals surface area (Å²) in [5, 5.41) is 9.85. The number of piperidine rings is 1. The Bertz CT molecular complexity index is 251. The summed E-state index contributed by atoms with van der Waals surface area (Å²) in [6, 6.07) is 0. The summed E-state index contributed by atoms with van der Waals surface area (Å²) in [4.78, 5) is 2.57. The minimum absolute atomic E-state index is 0.132. The number of hydrogen-bond acceptors (Lipinski definition) is 4. The van der Waals surface area contributed by atoms with Gasteiger partial charge >= 0.3 is 0 Å². The highest BCUT2D eigenvalue weighted by atomic mass is 79.9. The monoisotopic (exact) mass is 335 g/mol. The van der Waals surface area contributed by atoms with Crippen LogP contribution < -0.4 is 0 Å². The van der Waals surface area contributed by atoms with Gasteiger partial charge in [-0.15, -0.1) is 0 Å². The number of aliphatic hydroxyl groups is 1. The minimum atomic E-state index is 0.132. The van der Waals surface area contributed by atoms with E-state index in [0.717, 1.165) is 44.5 Å². The van der Waals surface area contributed by atoms with Crippen LogP contribution in [0.15, 0.2) is 0 Å². The van der Waals surface area contributed by atoms with Crippen LogP contribution in [0, 0.1) is 5.41 Å². The molecule has 0 bridgehead atoms. The Morgan fingerprint density at radius 3 is 2.53 bits per heavy atom. The molecule has 0 saturated carbocycles. The van der Waals surface area contributed by atoms with Gasteiger partial charge in [0.2, 0.25) is 0 Å². The van der Waals surface area contributed by atoms with Crippen molar-refractivity contribution in [2.45, 2.75) is 31.8 Å². The third-order valence-corrected chi connectivity index (χ3v) is 5.56. The van der Waals surface area contributed by atoms with Crippen LogP contribution >= 0.6 is 15.9 Å². The second kappa shape index (κ2) is 7.93. The number of rotatable bonds is 6. The van der Waals surface area contributed by atoms with Gasteiger partial charge in [0.05, 0.1) is 19.3 Å². The zero-order valence-electron chi connectivity index (χ0n) is 11.7. The van der Waals surface area contributed by atoms with Gasteiger partial charge in [0.25, 0.3) is 0 Å². The predicted octanol–water partition coefficient (Wildman–Crippen LogP) is 1.65. The molecule has 19 heavy (non-hydrogen) atoms. The van der Waals surface area contributed by atoms with E-state index in [1.165, 1.54) is 19.4 Å². The Kier molecular flexibility index (Phi) is 6.56. The Labute approximate surface area is 124 Å². The molecule has 0 aliphatic carbocycles. The number of hydrogen-bond donors (Lipinski definition) is 1. The summed E-state index contributed by atoms with van der Waals surface area (Å²) < 4.78 is 11.1. The fourth-order valence-electron chi connectivity index (χ4n) is 3.07. The number of ether oxygens (including phenoxy) is 2. The van der Waals surface area contributed by atoms with Crippen molar-refractivity contribution in [2.24, 2.45) is 5.41 Å². The lowest BCUT2D eigenvalue weighted by atomic mass is 9.81. The average Bonchev–Trinajstić information content (AvgIpc) is 2.47. The molecule has 2 rings (SSSR count). The fourth-order valence-corrected chi connectivity index (χ4v) is 3.80. The second-order valence-electron chi connectivity index (χ2n) is 5.82. The Morgan fingerprint density at radius 2 is 1.95 bits per heavy atom. The van der Waals surface area contributed by atoms with E-state index in [9.17, 15) is 0 Å². The first-order valence-corrected chi connectivity index (χ1v) is 8.49. The molecule has 0 spiro atoms. The molecular weight excluding hydrogens is 310 g/mol. The lowest BCUT2D eigenvalue weighted by molar-refractivity contribution is -0.0283. The van der Waals surface area contributed by atoms with Crippen LogP contribution in [0.25, 0.3) is 0 Å². The summed E-state index contributed by atoms with van der Waals surface area (Å²) in [5.74, 6) is 0. The minimum Gasteiger partial charge on any atom is -0.394 e. The Hall–Kier alpha value is 0.320. The van der Waals surface area contributed by atoms with Crippen LogP contribution in [-0.4, -0.2) is 67.5 Å². The van der Waals surface area contributed by atoms with Crippen LogP contribution in [-0.2, 0) is 9.47 Å². The van der Waals surface area contributed by atoms with Crippen LogP contribution in [0.3, 0.4) is 0 Å². The molecule has 0 aromatic rings. The fraction of sp³-hybridized carbons (Fsp3) is 1.00. The predicted molar refractivity (Wildman–Crippen MR) is 78.8 cm³/mol. The van der Waals surface area contributed by atoms with Gasteiger partial charge in [-0.2, -0.15) is 0 Å². The molecule has 0 atom stereocenters. The van der Waals surface area contributed by atoms with Crippen LogP contribution in [0.2, 0.25) is 0 Å². The van der Waals surface area contributed by atoms with Gasteiger partial charge < -0.3 is 19.5 Å². The SMILES string of the molecule is OCCOC1CCN(CC2(CBr)CCOCC2)CC1. The molecule has 0 amide bonds. The normalized spacial score (nSPS) is 25.6. The van der Waals surface area contributed by atoms with Crippen molar-refractivity contribution in [1.82, 2.24) is 4.90 Å².